The molecule has 3 N–H and O–H groups in total. The molecule has 0 radical (unpaired) electrons. The van der Waals surface area contributed by atoms with Crippen LogP contribution in [0.15, 0.2) is 42.2 Å². The Bertz CT molecular complexity index is 739. The van der Waals surface area contributed by atoms with Crippen molar-refractivity contribution >= 4 is 23.1 Å². The summed E-state index contributed by atoms with van der Waals surface area (Å²) in [6, 6.07) is 5.04. The Morgan fingerprint density at radius 1 is 1.35 bits per heavy atom. The fourth-order valence-corrected chi connectivity index (χ4v) is 2.50. The molecule has 0 amide bonds. The smallest absolute Gasteiger partial charge is 0.344 e. The molecule has 0 spiro atoms. The van der Waals surface area contributed by atoms with Crippen molar-refractivity contribution in [3.8, 4) is 5.75 Å². The maximum Gasteiger partial charge on any atom is 0.344 e. The number of hydrogen-bond donors (Lipinski definition) is 2. The molecule has 8 heteroatoms. The third kappa shape index (κ3) is 4.62. The van der Waals surface area contributed by atoms with Gasteiger partial charge in [-0.3, -0.25) is 4.84 Å². The van der Waals surface area contributed by atoms with Crippen LogP contribution in [-0.2, 0) is 23.9 Å². The molecule has 1 aromatic rings. The number of aromatic hydroxyl groups is 1. The number of phenolic OH excluding ortho intramolecular Hbond substituents is 1. The number of carbonyl (C=O) groups is 1. The molecule has 0 fully saturated rings. The number of rotatable bonds is 8. The van der Waals surface area contributed by atoms with Crippen molar-refractivity contribution in [2.24, 2.45) is 0 Å². The number of hydrogen-bond acceptors (Lipinski definition) is 6. The van der Waals surface area contributed by atoms with Gasteiger partial charge in [0.15, 0.2) is 18.1 Å². The lowest BCUT2D eigenvalue weighted by atomic mass is 10.1. The van der Waals surface area contributed by atoms with Crippen molar-refractivity contribution in [1.82, 2.24) is 0 Å². The molecule has 26 heavy (non-hydrogen) atoms. The normalized spacial score (nSPS) is 15.3. The van der Waals surface area contributed by atoms with Gasteiger partial charge in [-0.1, -0.05) is 18.2 Å². The van der Waals surface area contributed by atoms with Crippen molar-refractivity contribution in [3.05, 3.63) is 42.2 Å². The monoisotopic (exact) mass is 364 g/mol. The molecule has 2 rings (SSSR count). The second kappa shape index (κ2) is 9.59. The highest BCUT2D eigenvalue weighted by Crippen LogP contribution is 2.30. The summed E-state index contributed by atoms with van der Waals surface area (Å²) < 4.78 is 12.0. The van der Waals surface area contributed by atoms with Gasteiger partial charge >= 0.3 is 11.7 Å². The minimum Gasteiger partial charge on any atom is -0.502 e. The van der Waals surface area contributed by atoms with Crippen LogP contribution < -0.4 is 5.48 Å². The molecule has 8 nitrogen and oxygen atoms in total. The molecule has 0 aromatic heterocycles. The quantitative estimate of drug-likeness (QED) is 0.237. The minimum absolute atomic E-state index is 0.0522. The van der Waals surface area contributed by atoms with Crippen LogP contribution in [0.5, 0.6) is 5.75 Å². The van der Waals surface area contributed by atoms with Crippen LogP contribution in [-0.4, -0.2) is 49.0 Å². The zero-order valence-corrected chi connectivity index (χ0v) is 15.1. The highest BCUT2D eigenvalue weighted by Gasteiger charge is 2.31. The van der Waals surface area contributed by atoms with E-state index in [0.717, 1.165) is 0 Å². The maximum absolute atomic E-state index is 11.6. The fourth-order valence-electron chi connectivity index (χ4n) is 2.50. The Hall–Kier alpha value is -2.84. The van der Waals surface area contributed by atoms with Crippen molar-refractivity contribution in [2.75, 3.05) is 27.4 Å². The van der Waals surface area contributed by atoms with Gasteiger partial charge in [-0.2, -0.15) is 5.48 Å². The third-order valence-electron chi connectivity index (χ3n) is 3.57. The van der Waals surface area contributed by atoms with Gasteiger partial charge in [-0.15, -0.1) is 0 Å². The summed E-state index contributed by atoms with van der Waals surface area (Å²) in [5, 5.41) is 10.1. The molecular formula is C18H24N2O6+2. The molecule has 140 valence electrons. The van der Waals surface area contributed by atoms with E-state index in [2.05, 4.69) is 0 Å². The van der Waals surface area contributed by atoms with Crippen LogP contribution in [0.2, 0.25) is 0 Å². The molecule has 0 aliphatic heterocycles. The lowest BCUT2D eigenvalue weighted by molar-refractivity contribution is -0.835. The molecule has 0 unspecified atom stereocenters. The first-order valence-electron chi connectivity index (χ1n) is 8.16. The first kappa shape index (κ1) is 19.5. The Morgan fingerprint density at radius 2 is 2.15 bits per heavy atom. The molecule has 0 bridgehead atoms. The molecule has 0 heterocycles. The average Bonchev–Trinajstić information content (AvgIpc) is 2.64. The third-order valence-corrected chi connectivity index (χ3v) is 3.57. The summed E-state index contributed by atoms with van der Waals surface area (Å²) >= 11 is 0. The van der Waals surface area contributed by atoms with E-state index >= 15 is 0 Å². The SMILES string of the molecule is CCOC(=O)COC1=CC=CC/C1=[N+](/OC)c1cccc(O)c1[NH2+]OC. The summed E-state index contributed by atoms with van der Waals surface area (Å²) in [6.07, 6.45) is 6.03. The Balaban J connectivity index is 2.40. The van der Waals surface area contributed by atoms with E-state index in [-0.39, 0.29) is 12.4 Å². The van der Waals surface area contributed by atoms with Crippen molar-refractivity contribution in [2.45, 2.75) is 13.3 Å². The van der Waals surface area contributed by atoms with E-state index in [1.165, 1.54) is 24.4 Å². The maximum atomic E-state index is 11.6. The minimum atomic E-state index is -0.447. The van der Waals surface area contributed by atoms with Gasteiger partial charge in [0.25, 0.3) is 11.4 Å². The van der Waals surface area contributed by atoms with E-state index < -0.39 is 5.97 Å². The second-order valence-corrected chi connectivity index (χ2v) is 5.24. The van der Waals surface area contributed by atoms with E-state index in [4.69, 9.17) is 19.1 Å². The Morgan fingerprint density at radius 3 is 2.85 bits per heavy atom. The van der Waals surface area contributed by atoms with Crippen LogP contribution >= 0.6 is 0 Å². The van der Waals surface area contributed by atoms with Gasteiger partial charge < -0.3 is 14.6 Å². The highest BCUT2D eigenvalue weighted by molar-refractivity contribution is 5.97. The number of carbonyl (C=O) groups excluding carboxylic acids is 1. The molecule has 1 aromatic carbocycles. The molecular weight excluding hydrogens is 340 g/mol. The first-order chi connectivity index (χ1) is 12.6. The zero-order valence-electron chi connectivity index (χ0n) is 15.1. The van der Waals surface area contributed by atoms with E-state index in [1.54, 1.807) is 31.2 Å². The molecule has 1 aliphatic carbocycles. The average molecular weight is 364 g/mol. The topological polar surface area (TPSA) is 93.8 Å². The predicted octanol–water partition coefficient (Wildman–Crippen LogP) is 1.22. The fraction of sp³-hybridized carbons (Fsp3) is 0.333. The predicted molar refractivity (Wildman–Crippen MR) is 93.1 cm³/mol. The summed E-state index contributed by atoms with van der Waals surface area (Å²) in [5.41, 5.74) is 3.14. The number of quaternary nitrogens is 1. The van der Waals surface area contributed by atoms with Crippen LogP contribution in [0.3, 0.4) is 0 Å². The lowest BCUT2D eigenvalue weighted by Crippen LogP contribution is -2.76. The molecule has 0 saturated carbocycles. The van der Waals surface area contributed by atoms with Crippen molar-refractivity contribution in [1.29, 1.82) is 0 Å². The van der Waals surface area contributed by atoms with E-state index in [0.29, 0.717) is 35.9 Å². The molecule has 0 atom stereocenters. The Labute approximate surface area is 151 Å². The number of benzene rings is 1. The second-order valence-electron chi connectivity index (χ2n) is 5.24. The van der Waals surface area contributed by atoms with Crippen molar-refractivity contribution < 1.29 is 39.3 Å². The van der Waals surface area contributed by atoms with Gasteiger partial charge in [0.1, 0.15) is 7.11 Å². The standard InChI is InChI=1S/C18H22N2O6/c1-4-25-17(22)12-26-16-11-6-5-8-13(16)20(24-3)14-9-7-10-15(21)18(14)19-23-2/h5-7,9-11,19H,4,8,12H2,1-3H3/p+2/b20-13-. The largest absolute Gasteiger partial charge is 0.502 e. The Kier molecular flexibility index (Phi) is 7.19. The number of allylic oxidation sites excluding steroid dienone is 4. The van der Waals surface area contributed by atoms with Crippen LogP contribution in [0, 0.1) is 0 Å². The van der Waals surface area contributed by atoms with Gasteiger partial charge in [0.2, 0.25) is 0 Å². The summed E-state index contributed by atoms with van der Waals surface area (Å²) in [5.74, 6) is 0.0856. The number of nitrogens with two attached hydrogens (primary N) is 1. The van der Waals surface area contributed by atoms with Crippen LogP contribution in [0.1, 0.15) is 13.3 Å². The van der Waals surface area contributed by atoms with Crippen molar-refractivity contribution in [3.63, 3.8) is 0 Å². The number of ether oxygens (including phenoxy) is 2. The van der Waals surface area contributed by atoms with Gasteiger partial charge in [-0.05, 0) is 19.1 Å². The first-order valence-corrected chi connectivity index (χ1v) is 8.16. The number of phenols is 1. The van der Waals surface area contributed by atoms with Gasteiger partial charge in [0, 0.05) is 10.8 Å². The van der Waals surface area contributed by atoms with E-state index in [9.17, 15) is 9.90 Å². The zero-order chi connectivity index (χ0) is 18.9. The van der Waals surface area contributed by atoms with Gasteiger partial charge in [0.05, 0.1) is 20.1 Å². The number of nitrogens with zero attached hydrogens (tertiary/aromatic N) is 1. The molecule has 0 saturated heterocycles. The van der Waals surface area contributed by atoms with Crippen LogP contribution in [0.25, 0.3) is 0 Å². The van der Waals surface area contributed by atoms with Crippen LogP contribution in [0.4, 0.5) is 11.4 Å². The highest BCUT2D eigenvalue weighted by atomic mass is 16.7. The summed E-state index contributed by atoms with van der Waals surface area (Å²) in [6.45, 7) is 1.83. The molecule has 1 aliphatic rings. The lowest BCUT2D eigenvalue weighted by Gasteiger charge is -2.13. The summed E-state index contributed by atoms with van der Waals surface area (Å²) in [4.78, 5) is 22.2. The summed E-state index contributed by atoms with van der Waals surface area (Å²) in [7, 11) is 3.01. The van der Waals surface area contributed by atoms with E-state index in [1.807, 2.05) is 12.2 Å². The number of esters is 1. The van der Waals surface area contributed by atoms with Gasteiger partial charge in [-0.25, -0.2) is 9.63 Å².